The van der Waals surface area contributed by atoms with Crippen LogP contribution in [0.4, 0.5) is 0 Å². The summed E-state index contributed by atoms with van der Waals surface area (Å²) in [6.45, 7) is 0. The van der Waals surface area contributed by atoms with Crippen LogP contribution in [0.1, 0.15) is 5.56 Å². The van der Waals surface area contributed by atoms with Crippen molar-refractivity contribution in [3.8, 4) is 0 Å². The number of nitrogens with zero attached hydrogens (tertiary/aromatic N) is 2. The summed E-state index contributed by atoms with van der Waals surface area (Å²) < 4.78 is 5.32. The van der Waals surface area contributed by atoms with E-state index in [2.05, 4.69) is 36.2 Å². The van der Waals surface area contributed by atoms with Crippen molar-refractivity contribution in [1.82, 2.24) is 5.32 Å². The molecule has 1 amide bonds. The molecule has 0 atom stereocenters. The quantitative estimate of drug-likeness (QED) is 0.365. The minimum atomic E-state index is -0.608. The molecule has 1 aliphatic rings. The van der Waals surface area contributed by atoms with E-state index >= 15 is 0 Å². The maximum atomic E-state index is 11.6. The first-order valence-corrected chi connectivity index (χ1v) is 7.83. The van der Waals surface area contributed by atoms with Gasteiger partial charge in [0, 0.05) is 21.1 Å². The summed E-state index contributed by atoms with van der Waals surface area (Å²) in [5.74, 6) is -1.03. The Morgan fingerprint density at radius 3 is 3.00 bits per heavy atom. The molecule has 6 nitrogen and oxygen atoms in total. The molecule has 1 aromatic rings. The van der Waals surface area contributed by atoms with Crippen LogP contribution in [0.25, 0.3) is 0 Å². The molecule has 9 heteroatoms. The second-order valence-electron chi connectivity index (χ2n) is 3.90. The molecule has 1 saturated heterocycles. The fourth-order valence-corrected chi connectivity index (χ4v) is 2.68. The number of hydrogen-bond acceptors (Lipinski definition) is 6. The van der Waals surface area contributed by atoms with E-state index in [4.69, 9.17) is 11.6 Å². The van der Waals surface area contributed by atoms with Gasteiger partial charge in [-0.3, -0.25) is 10.1 Å². The van der Waals surface area contributed by atoms with Gasteiger partial charge in [0.05, 0.1) is 18.2 Å². The van der Waals surface area contributed by atoms with Gasteiger partial charge in [-0.1, -0.05) is 27.5 Å². The smallest absolute Gasteiger partial charge is 0.331 e. The van der Waals surface area contributed by atoms with Crippen molar-refractivity contribution in [3.05, 3.63) is 44.2 Å². The van der Waals surface area contributed by atoms with Gasteiger partial charge in [0.25, 0.3) is 5.91 Å². The molecule has 1 N–H and O–H groups in total. The standard InChI is InChI=1S/C13H9BrClN3O3S/c1-21-11(19)5-10-12(20)17-13(22-10)18-16-6-7-4-8(14)2-3-9(7)15/h2-6H,1H3,(H,17,18,20)/b10-5+,16-6?. The number of halogens is 2. The number of carbonyl (C=O) groups excluding carboxylic acids is 2. The van der Waals surface area contributed by atoms with E-state index in [1.54, 1.807) is 12.1 Å². The molecular weight excluding hydrogens is 394 g/mol. The third-order valence-corrected chi connectivity index (χ3v) is 4.14. The second-order valence-corrected chi connectivity index (χ2v) is 6.26. The predicted molar refractivity (Wildman–Crippen MR) is 90.0 cm³/mol. The number of thioether (sulfide) groups is 1. The van der Waals surface area contributed by atoms with Crippen molar-refractivity contribution in [2.75, 3.05) is 7.11 Å². The van der Waals surface area contributed by atoms with Gasteiger partial charge >= 0.3 is 5.97 Å². The van der Waals surface area contributed by atoms with Crippen LogP contribution in [0.3, 0.4) is 0 Å². The first-order valence-electron chi connectivity index (χ1n) is 5.84. The Balaban J connectivity index is 2.10. The lowest BCUT2D eigenvalue weighted by molar-refractivity contribution is -0.135. The van der Waals surface area contributed by atoms with Gasteiger partial charge in [0.2, 0.25) is 0 Å². The largest absolute Gasteiger partial charge is 0.466 e. The highest BCUT2D eigenvalue weighted by Crippen LogP contribution is 2.23. The van der Waals surface area contributed by atoms with Crippen LogP contribution in [0.2, 0.25) is 5.02 Å². The number of carbonyl (C=O) groups is 2. The van der Waals surface area contributed by atoms with Crippen LogP contribution >= 0.6 is 39.3 Å². The van der Waals surface area contributed by atoms with Crippen molar-refractivity contribution in [2.45, 2.75) is 0 Å². The minimum Gasteiger partial charge on any atom is -0.466 e. The Bertz CT molecular complexity index is 718. The summed E-state index contributed by atoms with van der Waals surface area (Å²) in [4.78, 5) is 22.9. The first-order chi connectivity index (χ1) is 10.5. The highest BCUT2D eigenvalue weighted by Gasteiger charge is 2.24. The molecule has 1 aliphatic heterocycles. The van der Waals surface area contributed by atoms with Crippen LogP contribution in [0.5, 0.6) is 0 Å². The molecule has 0 saturated carbocycles. The normalized spacial score (nSPS) is 18.2. The van der Waals surface area contributed by atoms with E-state index in [0.717, 1.165) is 22.3 Å². The zero-order valence-electron chi connectivity index (χ0n) is 11.2. The summed E-state index contributed by atoms with van der Waals surface area (Å²) in [6, 6.07) is 5.32. The third-order valence-electron chi connectivity index (χ3n) is 2.40. The molecule has 1 fully saturated rings. The number of amidine groups is 1. The average molecular weight is 403 g/mol. The number of amides is 1. The molecule has 0 aromatic heterocycles. The van der Waals surface area contributed by atoms with Gasteiger partial charge < -0.3 is 4.74 Å². The number of nitrogens with one attached hydrogen (secondary N) is 1. The minimum absolute atomic E-state index is 0.196. The second kappa shape index (κ2) is 7.57. The van der Waals surface area contributed by atoms with Gasteiger partial charge in [0.1, 0.15) is 0 Å². The first kappa shape index (κ1) is 16.7. The van der Waals surface area contributed by atoms with Gasteiger partial charge in [-0.15, -0.1) is 5.10 Å². The lowest BCUT2D eigenvalue weighted by Crippen LogP contribution is -2.19. The Kier molecular flexibility index (Phi) is 5.76. The van der Waals surface area contributed by atoms with Crippen molar-refractivity contribution in [3.63, 3.8) is 0 Å². The molecule has 2 rings (SSSR count). The summed E-state index contributed by atoms with van der Waals surface area (Å²) in [5.41, 5.74) is 0.681. The Hall–Kier alpha value is -1.64. The number of hydrogen-bond donors (Lipinski definition) is 1. The molecule has 0 radical (unpaired) electrons. The lowest BCUT2D eigenvalue weighted by Gasteiger charge is -1.97. The molecule has 0 aliphatic carbocycles. The highest BCUT2D eigenvalue weighted by atomic mass is 79.9. The van der Waals surface area contributed by atoms with E-state index in [1.807, 2.05) is 6.07 Å². The maximum absolute atomic E-state index is 11.6. The Labute approximate surface area is 143 Å². The van der Waals surface area contributed by atoms with Crippen molar-refractivity contribution >= 4 is 62.6 Å². The van der Waals surface area contributed by atoms with Crippen molar-refractivity contribution < 1.29 is 14.3 Å². The van der Waals surface area contributed by atoms with Crippen LogP contribution in [0.15, 0.2) is 43.9 Å². The van der Waals surface area contributed by atoms with Crippen LogP contribution < -0.4 is 5.32 Å². The van der Waals surface area contributed by atoms with Gasteiger partial charge in [-0.05, 0) is 30.0 Å². The van der Waals surface area contributed by atoms with Gasteiger partial charge in [-0.2, -0.15) is 5.10 Å². The Morgan fingerprint density at radius 1 is 1.50 bits per heavy atom. The topological polar surface area (TPSA) is 80.1 Å². The number of ether oxygens (including phenoxy) is 1. The number of rotatable bonds is 3. The summed E-state index contributed by atoms with van der Waals surface area (Å²) in [5, 5.41) is 11.0. The number of esters is 1. The molecule has 0 spiro atoms. The fraction of sp³-hybridized carbons (Fsp3) is 0.0769. The van der Waals surface area contributed by atoms with Crippen LogP contribution in [-0.2, 0) is 14.3 Å². The molecule has 22 heavy (non-hydrogen) atoms. The Morgan fingerprint density at radius 2 is 2.27 bits per heavy atom. The van der Waals surface area contributed by atoms with Crippen molar-refractivity contribution in [2.24, 2.45) is 10.2 Å². The number of methoxy groups -OCH3 is 1. The maximum Gasteiger partial charge on any atom is 0.331 e. The zero-order chi connectivity index (χ0) is 16.1. The lowest BCUT2D eigenvalue weighted by atomic mass is 10.2. The van der Waals surface area contributed by atoms with Gasteiger partial charge in [-0.25, -0.2) is 4.79 Å². The van der Waals surface area contributed by atoms with E-state index in [0.29, 0.717) is 10.6 Å². The molecule has 114 valence electrons. The summed E-state index contributed by atoms with van der Waals surface area (Å²) in [6.07, 6.45) is 2.56. The van der Waals surface area contributed by atoms with Crippen molar-refractivity contribution in [1.29, 1.82) is 0 Å². The average Bonchev–Trinajstić information content (AvgIpc) is 2.82. The monoisotopic (exact) mass is 401 g/mol. The third kappa shape index (κ3) is 4.43. The molecular formula is C13H9BrClN3O3S. The van der Waals surface area contributed by atoms with E-state index in [9.17, 15) is 9.59 Å². The van der Waals surface area contributed by atoms with E-state index in [1.165, 1.54) is 13.3 Å². The molecule has 0 unspecified atom stereocenters. The molecule has 0 bridgehead atoms. The predicted octanol–water partition coefficient (Wildman–Crippen LogP) is 2.71. The molecule has 1 aromatic carbocycles. The highest BCUT2D eigenvalue weighted by molar-refractivity contribution is 9.10. The van der Waals surface area contributed by atoms with Gasteiger partial charge in [0.15, 0.2) is 5.17 Å². The molecule has 1 heterocycles. The zero-order valence-corrected chi connectivity index (χ0v) is 14.3. The van der Waals surface area contributed by atoms with E-state index < -0.39 is 11.9 Å². The SMILES string of the molecule is COC(=O)/C=C1/S/C(=N\N=Cc2cc(Br)ccc2Cl)NC1=O. The summed E-state index contributed by atoms with van der Waals surface area (Å²) >= 11 is 10.3. The van der Waals surface area contributed by atoms with Crippen LogP contribution in [0, 0.1) is 0 Å². The van der Waals surface area contributed by atoms with E-state index in [-0.39, 0.29) is 10.1 Å². The fourth-order valence-electron chi connectivity index (χ4n) is 1.40. The summed E-state index contributed by atoms with van der Waals surface area (Å²) in [7, 11) is 1.23. The van der Waals surface area contributed by atoms with Crippen LogP contribution in [-0.4, -0.2) is 30.4 Å². The number of benzene rings is 1.